The van der Waals surface area contributed by atoms with Gasteiger partial charge in [-0.05, 0) is 17.7 Å². The van der Waals surface area contributed by atoms with E-state index in [9.17, 15) is 26.0 Å². The first kappa shape index (κ1) is 17.2. The first-order valence-electron chi connectivity index (χ1n) is 6.79. The van der Waals surface area contributed by atoms with Gasteiger partial charge in [-0.1, -0.05) is 6.07 Å². The molecule has 0 saturated carbocycles. The number of hydrogen-bond acceptors (Lipinski definition) is 2. The van der Waals surface area contributed by atoms with E-state index < -0.39 is 35.8 Å². The standard InChI is InChI=1S/C13H16F4N2O2S/c14-7-11-5-9-1-2-12(6-10(9)8-18-11)22(20,21)19-4-3-13(15,16)17/h1-2,6,11,18-19H,3-5,7-8H2/p+1/t11-/m1/s1. The van der Waals surface area contributed by atoms with Crippen molar-refractivity contribution in [1.29, 1.82) is 0 Å². The van der Waals surface area contributed by atoms with Crippen LogP contribution in [0.25, 0.3) is 0 Å². The minimum absolute atomic E-state index is 0.0690. The summed E-state index contributed by atoms with van der Waals surface area (Å²) in [5, 5.41) is 1.79. The molecule has 9 heteroatoms. The lowest BCUT2D eigenvalue weighted by Crippen LogP contribution is -2.91. The number of rotatable bonds is 5. The van der Waals surface area contributed by atoms with Crippen LogP contribution in [0.1, 0.15) is 17.5 Å². The maximum Gasteiger partial charge on any atom is 0.390 e. The highest BCUT2D eigenvalue weighted by Crippen LogP contribution is 2.21. The van der Waals surface area contributed by atoms with E-state index in [-0.39, 0.29) is 10.9 Å². The molecule has 1 aliphatic rings. The molecule has 0 aromatic heterocycles. The predicted octanol–water partition coefficient (Wildman–Crippen LogP) is 0.875. The number of fused-ring (bicyclic) bond motifs is 1. The minimum atomic E-state index is -4.41. The highest BCUT2D eigenvalue weighted by atomic mass is 32.2. The van der Waals surface area contributed by atoms with Gasteiger partial charge in [0.1, 0.15) is 19.3 Å². The Labute approximate surface area is 126 Å². The van der Waals surface area contributed by atoms with Gasteiger partial charge in [-0.15, -0.1) is 0 Å². The van der Waals surface area contributed by atoms with E-state index in [0.29, 0.717) is 13.0 Å². The molecule has 2 rings (SSSR count). The van der Waals surface area contributed by atoms with Gasteiger partial charge in [0.15, 0.2) is 0 Å². The smallest absolute Gasteiger partial charge is 0.338 e. The molecule has 22 heavy (non-hydrogen) atoms. The highest BCUT2D eigenvalue weighted by molar-refractivity contribution is 7.89. The molecule has 0 saturated heterocycles. The molecule has 124 valence electrons. The van der Waals surface area contributed by atoms with Gasteiger partial charge in [-0.2, -0.15) is 13.2 Å². The summed E-state index contributed by atoms with van der Waals surface area (Å²) in [6.45, 7) is -0.701. The number of benzene rings is 1. The molecule has 0 fully saturated rings. The van der Waals surface area contributed by atoms with Crippen LogP contribution in [0.5, 0.6) is 0 Å². The topological polar surface area (TPSA) is 62.8 Å². The van der Waals surface area contributed by atoms with Crippen molar-refractivity contribution in [2.45, 2.75) is 36.5 Å². The summed E-state index contributed by atoms with van der Waals surface area (Å²) in [4.78, 5) is -0.0690. The Hall–Kier alpha value is -1.19. The Morgan fingerprint density at radius 3 is 2.64 bits per heavy atom. The summed E-state index contributed by atoms with van der Waals surface area (Å²) in [5.41, 5.74) is 1.64. The van der Waals surface area contributed by atoms with Gasteiger partial charge in [0.2, 0.25) is 10.0 Å². The number of alkyl halides is 4. The Balaban J connectivity index is 2.09. The molecule has 0 bridgehead atoms. The first-order chi connectivity index (χ1) is 10.2. The number of hydrogen-bond donors (Lipinski definition) is 2. The number of quaternary nitrogens is 1. The Morgan fingerprint density at radius 2 is 2.00 bits per heavy atom. The number of nitrogens with two attached hydrogens (primary N) is 1. The number of sulfonamides is 1. The van der Waals surface area contributed by atoms with Crippen LogP contribution in [0.15, 0.2) is 23.1 Å². The van der Waals surface area contributed by atoms with Gasteiger partial charge in [-0.3, -0.25) is 0 Å². The van der Waals surface area contributed by atoms with Crippen molar-refractivity contribution in [1.82, 2.24) is 4.72 Å². The lowest BCUT2D eigenvalue weighted by molar-refractivity contribution is -0.707. The van der Waals surface area contributed by atoms with Crippen molar-refractivity contribution in [3.8, 4) is 0 Å². The van der Waals surface area contributed by atoms with Crippen molar-refractivity contribution in [3.05, 3.63) is 29.3 Å². The van der Waals surface area contributed by atoms with Crippen molar-refractivity contribution in [3.63, 3.8) is 0 Å². The van der Waals surface area contributed by atoms with E-state index in [4.69, 9.17) is 0 Å². The third-order valence-electron chi connectivity index (χ3n) is 3.54. The van der Waals surface area contributed by atoms with Crippen LogP contribution in [0.3, 0.4) is 0 Å². The Morgan fingerprint density at radius 1 is 1.27 bits per heavy atom. The second-order valence-corrected chi connectivity index (χ2v) is 7.02. The number of nitrogens with one attached hydrogen (secondary N) is 1. The molecular formula is C13H17F4N2O2S+. The molecule has 4 nitrogen and oxygen atoms in total. The molecule has 0 aliphatic carbocycles. The molecule has 3 N–H and O–H groups in total. The molecule has 1 heterocycles. The van der Waals surface area contributed by atoms with Crippen LogP contribution in [-0.2, 0) is 23.0 Å². The van der Waals surface area contributed by atoms with Gasteiger partial charge >= 0.3 is 6.18 Å². The van der Waals surface area contributed by atoms with Crippen LogP contribution in [0.4, 0.5) is 17.6 Å². The lowest BCUT2D eigenvalue weighted by atomic mass is 9.96. The van der Waals surface area contributed by atoms with Crippen LogP contribution < -0.4 is 10.0 Å². The molecular weight excluding hydrogens is 324 g/mol. The molecule has 0 amide bonds. The van der Waals surface area contributed by atoms with Gasteiger partial charge in [-0.25, -0.2) is 17.5 Å². The second-order valence-electron chi connectivity index (χ2n) is 5.25. The third kappa shape index (κ3) is 4.40. The minimum Gasteiger partial charge on any atom is -0.338 e. The van der Waals surface area contributed by atoms with E-state index in [2.05, 4.69) is 0 Å². The first-order valence-corrected chi connectivity index (χ1v) is 8.27. The van der Waals surface area contributed by atoms with E-state index >= 15 is 0 Å². The third-order valence-corrected chi connectivity index (χ3v) is 5.00. The lowest BCUT2D eigenvalue weighted by Gasteiger charge is -2.21. The second kappa shape index (κ2) is 6.51. The normalized spacial score (nSPS) is 19.0. The van der Waals surface area contributed by atoms with E-state index in [0.717, 1.165) is 11.1 Å². The van der Waals surface area contributed by atoms with Gasteiger partial charge < -0.3 is 5.32 Å². The Kier molecular flexibility index (Phi) is 5.08. The molecule has 1 aromatic rings. The summed E-state index contributed by atoms with van der Waals surface area (Å²) in [5.74, 6) is 0. The maximum absolute atomic E-state index is 12.6. The summed E-state index contributed by atoms with van der Waals surface area (Å²) < 4.78 is 74.7. The van der Waals surface area contributed by atoms with Crippen molar-refractivity contribution < 1.29 is 31.3 Å². The quantitative estimate of drug-likeness (QED) is 0.781. The molecule has 0 radical (unpaired) electrons. The van der Waals surface area contributed by atoms with Crippen molar-refractivity contribution >= 4 is 10.0 Å². The predicted molar refractivity (Wildman–Crippen MR) is 71.4 cm³/mol. The SMILES string of the molecule is O=S(=O)(NCCC(F)(F)F)c1ccc2c(c1)C[NH2+][C@@H](CF)C2. The molecule has 0 spiro atoms. The molecule has 1 aliphatic heterocycles. The van der Waals surface area contributed by atoms with Gasteiger partial charge in [0, 0.05) is 18.5 Å². The van der Waals surface area contributed by atoms with Crippen LogP contribution >= 0.6 is 0 Å². The largest absolute Gasteiger partial charge is 0.390 e. The summed E-state index contributed by atoms with van der Waals surface area (Å²) >= 11 is 0. The van der Waals surface area contributed by atoms with Crippen molar-refractivity contribution in [2.75, 3.05) is 13.2 Å². The molecule has 1 atom stereocenters. The van der Waals surface area contributed by atoms with Crippen molar-refractivity contribution in [2.24, 2.45) is 0 Å². The summed E-state index contributed by atoms with van der Waals surface area (Å²) in [7, 11) is -3.97. The van der Waals surface area contributed by atoms with E-state index in [1.807, 2.05) is 4.72 Å². The van der Waals surface area contributed by atoms with Gasteiger partial charge in [0.25, 0.3) is 0 Å². The molecule has 0 unspecified atom stereocenters. The van der Waals surface area contributed by atoms with E-state index in [1.54, 1.807) is 11.4 Å². The summed E-state index contributed by atoms with van der Waals surface area (Å²) in [6, 6.07) is 4.22. The van der Waals surface area contributed by atoms with E-state index in [1.165, 1.54) is 12.1 Å². The maximum atomic E-state index is 12.6. The van der Waals surface area contributed by atoms with Crippen LogP contribution in [-0.4, -0.2) is 33.9 Å². The molecule has 1 aromatic carbocycles. The average Bonchev–Trinajstić information content (AvgIpc) is 2.44. The van der Waals surface area contributed by atoms with Gasteiger partial charge in [0.05, 0.1) is 11.3 Å². The zero-order valence-corrected chi connectivity index (χ0v) is 12.5. The zero-order valence-electron chi connectivity index (χ0n) is 11.7. The fourth-order valence-corrected chi connectivity index (χ4v) is 3.43. The van der Waals surface area contributed by atoms with Crippen LogP contribution in [0.2, 0.25) is 0 Å². The number of halogens is 4. The highest BCUT2D eigenvalue weighted by Gasteiger charge is 2.28. The average molecular weight is 341 g/mol. The summed E-state index contributed by atoms with van der Waals surface area (Å²) in [6.07, 6.45) is -5.12. The fraction of sp³-hybridized carbons (Fsp3) is 0.538. The Bertz CT molecular complexity index is 631. The fourth-order valence-electron chi connectivity index (χ4n) is 2.35. The zero-order chi connectivity index (χ0) is 16.4. The monoisotopic (exact) mass is 341 g/mol. The van der Waals surface area contributed by atoms with Crippen LogP contribution in [0, 0.1) is 0 Å².